The highest BCUT2D eigenvalue weighted by Gasteiger charge is 2.58. The molecule has 0 bridgehead atoms. The second-order valence-corrected chi connectivity index (χ2v) is 7.68. The van der Waals surface area contributed by atoms with E-state index >= 15 is 0 Å². The fourth-order valence-electron chi connectivity index (χ4n) is 3.70. The molecule has 2 aliphatic rings. The summed E-state index contributed by atoms with van der Waals surface area (Å²) in [4.78, 5) is 19.3. The number of hydrogen-bond donors (Lipinski definition) is 1. The fourth-order valence-corrected chi connectivity index (χ4v) is 3.70. The standard InChI is InChI=1S/C23H26N2O4/c1-16(26)28-18-10-11-19-21(14-18)29-23(17-8-5-4-6-9-17)15-20(23)22(19)24-27-13-7-12-25(2)3/h4-6,8-11,14,24H,7,12-13,15H2,1-3H3. The minimum Gasteiger partial charge on any atom is -0.477 e. The van der Waals surface area contributed by atoms with E-state index in [1.807, 2.05) is 38.4 Å². The molecule has 1 atom stereocenters. The quantitative estimate of drug-likeness (QED) is 0.320. The van der Waals surface area contributed by atoms with Gasteiger partial charge in [0.1, 0.15) is 11.5 Å². The average Bonchev–Trinajstić information content (AvgIpc) is 3.42. The van der Waals surface area contributed by atoms with Gasteiger partial charge in [-0.15, -0.1) is 0 Å². The van der Waals surface area contributed by atoms with Gasteiger partial charge in [-0.05, 0) is 39.2 Å². The van der Waals surface area contributed by atoms with Gasteiger partial charge < -0.3 is 14.4 Å². The molecule has 2 aromatic rings. The molecule has 2 aromatic carbocycles. The summed E-state index contributed by atoms with van der Waals surface area (Å²) in [6.45, 7) is 2.96. The Morgan fingerprint density at radius 3 is 2.72 bits per heavy atom. The van der Waals surface area contributed by atoms with Crippen molar-refractivity contribution in [3.63, 3.8) is 0 Å². The molecule has 6 nitrogen and oxygen atoms in total. The number of hydrogen-bond acceptors (Lipinski definition) is 6. The van der Waals surface area contributed by atoms with Crippen molar-refractivity contribution in [1.29, 1.82) is 0 Å². The average molecular weight is 394 g/mol. The maximum atomic E-state index is 11.3. The summed E-state index contributed by atoms with van der Waals surface area (Å²) in [5, 5.41) is 0. The van der Waals surface area contributed by atoms with Crippen LogP contribution in [0.25, 0.3) is 5.70 Å². The normalized spacial score (nSPS) is 19.3. The van der Waals surface area contributed by atoms with Crippen LogP contribution in [-0.4, -0.2) is 38.1 Å². The van der Waals surface area contributed by atoms with Crippen molar-refractivity contribution < 1.29 is 19.1 Å². The van der Waals surface area contributed by atoms with E-state index in [1.165, 1.54) is 12.5 Å². The molecule has 29 heavy (non-hydrogen) atoms. The molecule has 152 valence electrons. The first kappa shape index (κ1) is 19.5. The molecule has 0 amide bonds. The third-order valence-electron chi connectivity index (χ3n) is 5.12. The van der Waals surface area contributed by atoms with E-state index in [4.69, 9.17) is 14.3 Å². The lowest BCUT2D eigenvalue weighted by Crippen LogP contribution is -2.25. The van der Waals surface area contributed by atoms with Gasteiger partial charge in [-0.3, -0.25) is 15.1 Å². The molecule has 1 N–H and O–H groups in total. The summed E-state index contributed by atoms with van der Waals surface area (Å²) >= 11 is 0. The number of carbonyl (C=O) groups is 1. The molecule has 1 saturated carbocycles. The third-order valence-corrected chi connectivity index (χ3v) is 5.12. The van der Waals surface area contributed by atoms with Gasteiger partial charge >= 0.3 is 5.97 Å². The van der Waals surface area contributed by atoms with Crippen molar-refractivity contribution in [2.24, 2.45) is 0 Å². The van der Waals surface area contributed by atoms with Crippen molar-refractivity contribution >= 4 is 11.7 Å². The Balaban J connectivity index is 1.61. The van der Waals surface area contributed by atoms with Crippen molar-refractivity contribution in [2.75, 3.05) is 27.2 Å². The molecule has 0 radical (unpaired) electrons. The Bertz CT molecular complexity index is 939. The maximum absolute atomic E-state index is 11.3. The predicted octanol–water partition coefficient (Wildman–Crippen LogP) is 3.49. The topological polar surface area (TPSA) is 60.0 Å². The molecule has 6 heteroatoms. The van der Waals surface area contributed by atoms with E-state index in [1.54, 1.807) is 12.1 Å². The number of fused-ring (bicyclic) bond motifs is 2. The minimum atomic E-state index is -0.488. The molecule has 1 fully saturated rings. The Labute approximate surface area is 171 Å². The van der Waals surface area contributed by atoms with Crippen LogP contribution in [-0.2, 0) is 15.2 Å². The highest BCUT2D eigenvalue weighted by atomic mass is 16.6. The van der Waals surface area contributed by atoms with Crippen LogP contribution in [0.5, 0.6) is 11.5 Å². The SMILES string of the molecule is CC(=O)Oc1ccc2c(c1)OC1(c3ccccc3)CC1=C2NOCCCN(C)C. The van der Waals surface area contributed by atoms with Crippen LogP contribution in [0.15, 0.2) is 54.1 Å². The lowest BCUT2D eigenvalue weighted by atomic mass is 10.0. The second kappa shape index (κ2) is 7.89. The van der Waals surface area contributed by atoms with Crippen LogP contribution in [0, 0.1) is 0 Å². The first-order valence-corrected chi connectivity index (χ1v) is 9.83. The molecular weight excluding hydrogens is 368 g/mol. The summed E-state index contributed by atoms with van der Waals surface area (Å²) in [7, 11) is 4.09. The summed E-state index contributed by atoms with van der Waals surface area (Å²) in [5.41, 5.74) is 6.81. The number of rotatable bonds is 8. The predicted molar refractivity (Wildman–Crippen MR) is 110 cm³/mol. The van der Waals surface area contributed by atoms with E-state index in [2.05, 4.69) is 22.5 Å². The first-order chi connectivity index (χ1) is 14.0. The van der Waals surface area contributed by atoms with Crippen LogP contribution >= 0.6 is 0 Å². The summed E-state index contributed by atoms with van der Waals surface area (Å²) < 4.78 is 11.7. The van der Waals surface area contributed by atoms with Crippen LogP contribution in [0.2, 0.25) is 0 Å². The molecule has 0 spiro atoms. The maximum Gasteiger partial charge on any atom is 0.308 e. The molecular formula is C23H26N2O4. The van der Waals surface area contributed by atoms with E-state index in [-0.39, 0.29) is 5.97 Å². The smallest absolute Gasteiger partial charge is 0.308 e. The van der Waals surface area contributed by atoms with Gasteiger partial charge in [0.25, 0.3) is 0 Å². The second-order valence-electron chi connectivity index (χ2n) is 7.68. The molecule has 1 unspecified atom stereocenters. The number of nitrogens with one attached hydrogen (secondary N) is 1. The zero-order valence-corrected chi connectivity index (χ0v) is 17.0. The fraction of sp³-hybridized carbons (Fsp3) is 0.348. The molecule has 1 heterocycles. The van der Waals surface area contributed by atoms with Gasteiger partial charge in [0.15, 0.2) is 5.60 Å². The summed E-state index contributed by atoms with van der Waals surface area (Å²) in [6, 6.07) is 15.6. The monoisotopic (exact) mass is 394 g/mol. The number of benzene rings is 2. The molecule has 0 aromatic heterocycles. The largest absolute Gasteiger partial charge is 0.477 e. The number of ether oxygens (including phenoxy) is 2. The first-order valence-electron chi connectivity index (χ1n) is 9.83. The van der Waals surface area contributed by atoms with E-state index < -0.39 is 5.60 Å². The number of carbonyl (C=O) groups excluding carboxylic acids is 1. The Morgan fingerprint density at radius 2 is 2.00 bits per heavy atom. The van der Waals surface area contributed by atoms with Crippen molar-refractivity contribution in [2.45, 2.75) is 25.4 Å². The van der Waals surface area contributed by atoms with E-state index in [0.29, 0.717) is 18.1 Å². The van der Waals surface area contributed by atoms with E-state index in [9.17, 15) is 4.79 Å². The van der Waals surface area contributed by atoms with Crippen molar-refractivity contribution in [1.82, 2.24) is 10.4 Å². The van der Waals surface area contributed by atoms with Crippen LogP contribution in [0.4, 0.5) is 0 Å². The number of hydroxylamine groups is 1. The Kier molecular flexibility index (Phi) is 5.30. The lowest BCUT2D eigenvalue weighted by molar-refractivity contribution is -0.131. The minimum absolute atomic E-state index is 0.358. The van der Waals surface area contributed by atoms with Gasteiger partial charge in [-0.25, -0.2) is 0 Å². The molecule has 1 aliphatic heterocycles. The third kappa shape index (κ3) is 3.99. The number of nitrogens with zero attached hydrogens (tertiary/aromatic N) is 1. The Morgan fingerprint density at radius 1 is 1.21 bits per heavy atom. The highest BCUT2D eigenvalue weighted by molar-refractivity contribution is 5.81. The zero-order valence-electron chi connectivity index (χ0n) is 17.0. The lowest BCUT2D eigenvalue weighted by Gasteiger charge is -2.27. The van der Waals surface area contributed by atoms with Crippen LogP contribution in [0.3, 0.4) is 0 Å². The molecule has 1 aliphatic carbocycles. The van der Waals surface area contributed by atoms with Crippen LogP contribution < -0.4 is 15.0 Å². The zero-order chi connectivity index (χ0) is 20.4. The summed E-state index contributed by atoms with van der Waals surface area (Å²) in [5.74, 6) is 0.784. The number of esters is 1. The van der Waals surface area contributed by atoms with Crippen LogP contribution in [0.1, 0.15) is 30.9 Å². The summed E-state index contributed by atoms with van der Waals surface area (Å²) in [6.07, 6.45) is 1.72. The molecule has 0 saturated heterocycles. The molecule has 4 rings (SSSR count). The van der Waals surface area contributed by atoms with E-state index in [0.717, 1.165) is 36.2 Å². The van der Waals surface area contributed by atoms with Crippen molar-refractivity contribution in [3.8, 4) is 11.5 Å². The van der Waals surface area contributed by atoms with Gasteiger partial charge in [0.2, 0.25) is 0 Å². The van der Waals surface area contributed by atoms with Gasteiger partial charge in [0.05, 0.1) is 12.3 Å². The van der Waals surface area contributed by atoms with Gasteiger partial charge in [0, 0.05) is 36.1 Å². The van der Waals surface area contributed by atoms with Crippen molar-refractivity contribution in [3.05, 3.63) is 65.2 Å². The van der Waals surface area contributed by atoms with Gasteiger partial charge in [-0.2, -0.15) is 0 Å². The Hall–Kier alpha value is -2.83. The highest BCUT2D eigenvalue weighted by Crippen LogP contribution is 2.61. The van der Waals surface area contributed by atoms with Gasteiger partial charge in [-0.1, -0.05) is 30.3 Å².